The largest absolute Gasteiger partial charge is 0.444 e. The van der Waals surface area contributed by atoms with Crippen LogP contribution in [0, 0.1) is 5.92 Å². The third-order valence-electron chi connectivity index (χ3n) is 4.04. The van der Waals surface area contributed by atoms with Crippen LogP contribution in [0.15, 0.2) is 0 Å². The Morgan fingerprint density at radius 2 is 2.17 bits per heavy atom. The van der Waals surface area contributed by atoms with Gasteiger partial charge in [0.2, 0.25) is 0 Å². The molecule has 0 spiro atoms. The van der Waals surface area contributed by atoms with Gasteiger partial charge in [0.1, 0.15) is 5.60 Å². The fourth-order valence-electron chi connectivity index (χ4n) is 3.05. The summed E-state index contributed by atoms with van der Waals surface area (Å²) in [7, 11) is 0. The van der Waals surface area contributed by atoms with Gasteiger partial charge < -0.3 is 20.5 Å². The second-order valence-electron chi connectivity index (χ2n) is 6.57. The van der Waals surface area contributed by atoms with Gasteiger partial charge in [0, 0.05) is 25.0 Å². The number of nitrogens with two attached hydrogens (primary N) is 1. The molecule has 0 aromatic rings. The molecule has 5 heteroatoms. The van der Waals surface area contributed by atoms with E-state index in [1.807, 2.05) is 20.8 Å². The molecule has 1 saturated carbocycles. The van der Waals surface area contributed by atoms with Crippen molar-refractivity contribution >= 4 is 6.09 Å². The molecule has 18 heavy (non-hydrogen) atoms. The number of aliphatic hydroxyl groups is 1. The van der Waals surface area contributed by atoms with E-state index < -0.39 is 11.2 Å². The van der Waals surface area contributed by atoms with E-state index in [4.69, 9.17) is 10.5 Å². The van der Waals surface area contributed by atoms with Gasteiger partial charge in [0.25, 0.3) is 0 Å². The van der Waals surface area contributed by atoms with Crippen molar-refractivity contribution in [3.8, 4) is 0 Å². The highest BCUT2D eigenvalue weighted by atomic mass is 16.6. The van der Waals surface area contributed by atoms with Crippen molar-refractivity contribution in [1.29, 1.82) is 0 Å². The summed E-state index contributed by atoms with van der Waals surface area (Å²) in [6, 6.07) is 0.0680. The Morgan fingerprint density at radius 3 is 2.61 bits per heavy atom. The molecular weight excluding hydrogens is 232 g/mol. The van der Waals surface area contributed by atoms with Crippen LogP contribution in [-0.4, -0.2) is 46.4 Å². The van der Waals surface area contributed by atoms with Gasteiger partial charge in [-0.25, -0.2) is 4.79 Å². The molecule has 0 radical (unpaired) electrons. The quantitative estimate of drug-likeness (QED) is 0.736. The van der Waals surface area contributed by atoms with Crippen LogP contribution in [0.5, 0.6) is 0 Å². The van der Waals surface area contributed by atoms with Crippen molar-refractivity contribution in [3.63, 3.8) is 0 Å². The van der Waals surface area contributed by atoms with Crippen molar-refractivity contribution in [2.75, 3.05) is 13.1 Å². The van der Waals surface area contributed by atoms with E-state index >= 15 is 0 Å². The molecule has 2 heterocycles. The van der Waals surface area contributed by atoms with E-state index in [1.54, 1.807) is 4.90 Å². The highest BCUT2D eigenvalue weighted by molar-refractivity contribution is 5.69. The molecule has 3 fully saturated rings. The minimum absolute atomic E-state index is 0.0680. The van der Waals surface area contributed by atoms with Crippen LogP contribution in [0.3, 0.4) is 0 Å². The van der Waals surface area contributed by atoms with Crippen molar-refractivity contribution in [1.82, 2.24) is 4.90 Å². The first-order valence-electron chi connectivity index (χ1n) is 6.67. The highest BCUT2D eigenvalue weighted by Crippen LogP contribution is 2.42. The van der Waals surface area contributed by atoms with Crippen molar-refractivity contribution in [2.45, 2.75) is 57.3 Å². The average molecular weight is 256 g/mol. The maximum Gasteiger partial charge on any atom is 0.410 e. The van der Waals surface area contributed by atoms with E-state index in [2.05, 4.69) is 0 Å². The van der Waals surface area contributed by atoms with Gasteiger partial charge in [-0.05, 0) is 40.0 Å². The van der Waals surface area contributed by atoms with Crippen LogP contribution in [0.2, 0.25) is 0 Å². The number of nitrogens with zero attached hydrogens (tertiary/aromatic N) is 1. The lowest BCUT2D eigenvalue weighted by Crippen LogP contribution is -2.64. The van der Waals surface area contributed by atoms with Crippen LogP contribution in [0.4, 0.5) is 4.79 Å². The van der Waals surface area contributed by atoms with Crippen molar-refractivity contribution in [3.05, 3.63) is 0 Å². The molecule has 3 N–H and O–H groups in total. The topological polar surface area (TPSA) is 75.8 Å². The Kier molecular flexibility index (Phi) is 3.32. The number of carbonyl (C=O) groups is 1. The number of carbonyl (C=O) groups excluding carboxylic acids is 1. The lowest BCUT2D eigenvalue weighted by molar-refractivity contribution is -0.118. The maximum atomic E-state index is 12.1. The minimum Gasteiger partial charge on any atom is -0.444 e. The zero-order chi connectivity index (χ0) is 13.6. The van der Waals surface area contributed by atoms with Gasteiger partial charge >= 0.3 is 6.09 Å². The molecule has 0 aromatic heterocycles. The molecule has 1 amide bonds. The van der Waals surface area contributed by atoms with Crippen molar-refractivity contribution < 1.29 is 14.6 Å². The van der Waals surface area contributed by atoms with Crippen LogP contribution >= 0.6 is 0 Å². The number of hydrogen-bond acceptors (Lipinski definition) is 4. The highest BCUT2D eigenvalue weighted by Gasteiger charge is 2.50. The van der Waals surface area contributed by atoms with E-state index in [-0.39, 0.29) is 24.6 Å². The predicted octanol–water partition coefficient (Wildman–Crippen LogP) is 1.10. The SMILES string of the molecule is CC(C)(C)OC(=O)N1CC2CCC1CC2(O)CN. The molecule has 0 aromatic carbocycles. The zero-order valence-corrected chi connectivity index (χ0v) is 11.5. The van der Waals surface area contributed by atoms with E-state index in [9.17, 15) is 9.90 Å². The summed E-state index contributed by atoms with van der Waals surface area (Å²) in [5.41, 5.74) is 4.40. The molecule has 3 aliphatic rings. The Balaban J connectivity index is 2.05. The summed E-state index contributed by atoms with van der Waals surface area (Å²) >= 11 is 0. The summed E-state index contributed by atoms with van der Waals surface area (Å²) in [4.78, 5) is 13.9. The van der Waals surface area contributed by atoms with Crippen LogP contribution in [0.1, 0.15) is 40.0 Å². The normalized spacial score (nSPS) is 35.7. The van der Waals surface area contributed by atoms with E-state index in [0.29, 0.717) is 13.0 Å². The van der Waals surface area contributed by atoms with Gasteiger partial charge in [0.05, 0.1) is 5.60 Å². The third kappa shape index (κ3) is 2.47. The predicted molar refractivity (Wildman–Crippen MR) is 68.1 cm³/mol. The Bertz CT molecular complexity index is 340. The van der Waals surface area contributed by atoms with Gasteiger partial charge in [-0.2, -0.15) is 0 Å². The Morgan fingerprint density at radius 1 is 1.50 bits per heavy atom. The molecule has 1 aliphatic carbocycles. The monoisotopic (exact) mass is 256 g/mol. The standard InChI is InChI=1S/C13H24N2O3/c1-12(2,3)18-11(16)15-7-9-4-5-10(15)6-13(9,17)8-14/h9-10,17H,4-8,14H2,1-3H3. The number of piperidine rings is 2. The van der Waals surface area contributed by atoms with Crippen LogP contribution in [-0.2, 0) is 4.74 Å². The van der Waals surface area contributed by atoms with Gasteiger partial charge in [-0.1, -0.05) is 0 Å². The first-order valence-corrected chi connectivity index (χ1v) is 6.67. The summed E-state index contributed by atoms with van der Waals surface area (Å²) in [5.74, 6) is 0.0834. The molecule has 3 rings (SSSR count). The second-order valence-corrected chi connectivity index (χ2v) is 6.57. The van der Waals surface area contributed by atoms with Crippen LogP contribution in [0.25, 0.3) is 0 Å². The minimum atomic E-state index is -0.790. The molecule has 3 atom stereocenters. The third-order valence-corrected chi connectivity index (χ3v) is 4.04. The fraction of sp³-hybridized carbons (Fsp3) is 0.923. The summed E-state index contributed by atoms with van der Waals surface area (Å²) in [5, 5.41) is 10.4. The molecule has 104 valence electrons. The second kappa shape index (κ2) is 4.38. The number of fused-ring (bicyclic) bond motifs is 3. The van der Waals surface area contributed by atoms with Gasteiger partial charge in [0.15, 0.2) is 0 Å². The van der Waals surface area contributed by atoms with Crippen molar-refractivity contribution in [2.24, 2.45) is 11.7 Å². The summed E-state index contributed by atoms with van der Waals surface area (Å²) < 4.78 is 5.41. The average Bonchev–Trinajstić information content (AvgIpc) is 2.27. The zero-order valence-electron chi connectivity index (χ0n) is 11.5. The van der Waals surface area contributed by atoms with E-state index in [1.165, 1.54) is 0 Å². The number of hydrogen-bond donors (Lipinski definition) is 2. The molecule has 2 bridgehead atoms. The molecule has 5 nitrogen and oxygen atoms in total. The maximum absolute atomic E-state index is 12.1. The lowest BCUT2D eigenvalue weighted by atomic mass is 9.69. The summed E-state index contributed by atoms with van der Waals surface area (Å²) in [6.45, 7) is 6.43. The molecular formula is C13H24N2O3. The molecule has 3 unspecified atom stereocenters. The number of amides is 1. The van der Waals surface area contributed by atoms with Gasteiger partial charge in [-0.15, -0.1) is 0 Å². The Labute approximate surface area is 108 Å². The summed E-state index contributed by atoms with van der Waals surface area (Å²) in [6.07, 6.45) is 2.19. The lowest BCUT2D eigenvalue weighted by Gasteiger charge is -2.53. The van der Waals surface area contributed by atoms with Crippen LogP contribution < -0.4 is 5.73 Å². The number of ether oxygens (including phenoxy) is 1. The first kappa shape index (κ1) is 13.6. The molecule has 2 aliphatic heterocycles. The smallest absolute Gasteiger partial charge is 0.410 e. The fourth-order valence-corrected chi connectivity index (χ4v) is 3.05. The molecule has 2 saturated heterocycles. The first-order chi connectivity index (χ1) is 8.25. The number of rotatable bonds is 1. The van der Waals surface area contributed by atoms with Gasteiger partial charge in [-0.3, -0.25) is 0 Å². The van der Waals surface area contributed by atoms with E-state index in [0.717, 1.165) is 12.8 Å². The Hall–Kier alpha value is -0.810.